The van der Waals surface area contributed by atoms with Gasteiger partial charge in [-0.2, -0.15) is 0 Å². The molecule has 6 nitrogen and oxygen atoms in total. The van der Waals surface area contributed by atoms with Crippen LogP contribution in [-0.4, -0.2) is 40.1 Å². The highest BCUT2D eigenvalue weighted by Gasteiger charge is 2.21. The molecule has 150 valence electrons. The van der Waals surface area contributed by atoms with E-state index in [4.69, 9.17) is 4.74 Å². The zero-order valence-electron chi connectivity index (χ0n) is 16.5. The summed E-state index contributed by atoms with van der Waals surface area (Å²) in [5, 5.41) is 0. The minimum absolute atomic E-state index is 0.0790. The van der Waals surface area contributed by atoms with Crippen LogP contribution in [0.15, 0.2) is 48.5 Å². The first-order valence-corrected chi connectivity index (χ1v) is 10.8. The number of para-hydroxylation sites is 1. The van der Waals surface area contributed by atoms with Crippen LogP contribution in [0, 0.1) is 0 Å². The molecule has 2 rings (SSSR count). The number of benzene rings is 2. The molecular weight excluding hydrogens is 378 g/mol. The van der Waals surface area contributed by atoms with E-state index in [1.54, 1.807) is 24.3 Å². The Hall–Kier alpha value is -2.67. The van der Waals surface area contributed by atoms with Crippen LogP contribution in [-0.2, 0) is 14.8 Å². The molecule has 0 aliphatic rings. The van der Waals surface area contributed by atoms with Crippen molar-refractivity contribution in [1.82, 2.24) is 0 Å². The molecule has 0 spiro atoms. The summed E-state index contributed by atoms with van der Waals surface area (Å²) in [6, 6.07) is 13.5. The molecule has 0 N–H and O–H groups in total. The Bertz CT molecular complexity index is 951. The molecule has 0 aliphatic heterocycles. The van der Waals surface area contributed by atoms with Crippen molar-refractivity contribution >= 4 is 27.5 Å². The van der Waals surface area contributed by atoms with Crippen molar-refractivity contribution in [2.75, 3.05) is 24.2 Å². The van der Waals surface area contributed by atoms with Crippen LogP contribution in [0.5, 0.6) is 0 Å². The van der Waals surface area contributed by atoms with Gasteiger partial charge in [-0.3, -0.25) is 9.10 Å². The van der Waals surface area contributed by atoms with E-state index in [1.807, 2.05) is 12.1 Å². The van der Waals surface area contributed by atoms with E-state index in [1.165, 1.54) is 19.2 Å². The Labute approximate surface area is 166 Å². The van der Waals surface area contributed by atoms with Gasteiger partial charge in [0.2, 0.25) is 10.0 Å². The Balaban J connectivity index is 2.09. The van der Waals surface area contributed by atoms with Gasteiger partial charge in [0, 0.05) is 12.6 Å². The summed E-state index contributed by atoms with van der Waals surface area (Å²) < 4.78 is 29.7. The molecule has 0 saturated carbocycles. The minimum Gasteiger partial charge on any atom is -0.454 e. The molecule has 0 saturated heterocycles. The second kappa shape index (κ2) is 9.01. The fourth-order valence-corrected chi connectivity index (χ4v) is 3.14. The molecule has 0 radical (unpaired) electrons. The van der Waals surface area contributed by atoms with Gasteiger partial charge in [-0.25, -0.2) is 13.2 Å². The minimum atomic E-state index is -3.54. The molecule has 1 unspecified atom stereocenters. The average molecular weight is 404 g/mol. The Morgan fingerprint density at radius 3 is 2.25 bits per heavy atom. The molecule has 0 bridgehead atoms. The number of hydrogen-bond acceptors (Lipinski definition) is 5. The number of carbonyl (C=O) groups is 2. The summed E-state index contributed by atoms with van der Waals surface area (Å²) in [5.41, 5.74) is 1.88. The van der Waals surface area contributed by atoms with Gasteiger partial charge in [0.15, 0.2) is 12.4 Å². The van der Waals surface area contributed by atoms with Crippen LogP contribution in [0.3, 0.4) is 0 Å². The normalized spacial score (nSPS) is 12.3. The molecule has 1 atom stereocenters. The van der Waals surface area contributed by atoms with E-state index in [9.17, 15) is 18.0 Å². The van der Waals surface area contributed by atoms with Crippen molar-refractivity contribution in [3.05, 3.63) is 65.2 Å². The fourth-order valence-electron chi connectivity index (χ4n) is 2.62. The summed E-state index contributed by atoms with van der Waals surface area (Å²) >= 11 is 0. The number of anilines is 1. The largest absolute Gasteiger partial charge is 0.454 e. The van der Waals surface area contributed by atoms with Crippen LogP contribution >= 0.6 is 0 Å². The zero-order chi connectivity index (χ0) is 20.9. The predicted molar refractivity (Wildman–Crippen MR) is 109 cm³/mol. The van der Waals surface area contributed by atoms with Crippen LogP contribution in [0.25, 0.3) is 0 Å². The van der Waals surface area contributed by atoms with E-state index >= 15 is 0 Å². The molecule has 2 aromatic rings. The van der Waals surface area contributed by atoms with Gasteiger partial charge in [-0.05, 0) is 30.0 Å². The van der Waals surface area contributed by atoms with E-state index in [-0.39, 0.29) is 17.0 Å². The maximum atomic E-state index is 12.4. The summed E-state index contributed by atoms with van der Waals surface area (Å²) in [4.78, 5) is 24.7. The molecule has 2 aromatic carbocycles. The van der Waals surface area contributed by atoms with Gasteiger partial charge in [0.1, 0.15) is 0 Å². The highest BCUT2D eigenvalue weighted by Crippen LogP contribution is 2.22. The first-order chi connectivity index (χ1) is 13.1. The van der Waals surface area contributed by atoms with Gasteiger partial charge in [0.25, 0.3) is 0 Å². The number of esters is 1. The molecule has 7 heteroatoms. The molecular formula is C21H25NO5S. The number of Topliss-reactive ketones (excluding diaryl/α,β-unsaturated/α-hetero) is 1. The average Bonchev–Trinajstić information content (AvgIpc) is 2.70. The third kappa shape index (κ3) is 5.19. The molecule has 0 heterocycles. The van der Waals surface area contributed by atoms with Crippen LogP contribution < -0.4 is 4.31 Å². The number of sulfonamides is 1. The van der Waals surface area contributed by atoms with E-state index in [0.29, 0.717) is 11.5 Å². The quantitative estimate of drug-likeness (QED) is 0.497. The monoisotopic (exact) mass is 403 g/mol. The van der Waals surface area contributed by atoms with E-state index < -0.39 is 22.6 Å². The molecule has 0 amide bonds. The SMILES string of the molecule is CCC(C)c1ccc(C(=O)COC(=O)c2ccccc2N(C)S(C)(=O)=O)cc1. The molecule has 0 aliphatic carbocycles. The van der Waals surface area contributed by atoms with E-state index in [0.717, 1.165) is 22.5 Å². The van der Waals surface area contributed by atoms with Crippen LogP contribution in [0.4, 0.5) is 5.69 Å². The fraction of sp³-hybridized carbons (Fsp3) is 0.333. The predicted octanol–water partition coefficient (Wildman–Crippen LogP) is 3.64. The number of nitrogens with zero attached hydrogens (tertiary/aromatic N) is 1. The van der Waals surface area contributed by atoms with Crippen LogP contribution in [0.1, 0.15) is 52.5 Å². The lowest BCUT2D eigenvalue weighted by Crippen LogP contribution is -2.27. The second-order valence-electron chi connectivity index (χ2n) is 6.68. The summed E-state index contributed by atoms with van der Waals surface area (Å²) in [5.74, 6) is -0.668. The number of hydrogen-bond donors (Lipinski definition) is 0. The van der Waals surface area contributed by atoms with Gasteiger partial charge < -0.3 is 4.74 Å². The van der Waals surface area contributed by atoms with Crippen molar-refractivity contribution in [3.63, 3.8) is 0 Å². The van der Waals surface area contributed by atoms with Crippen molar-refractivity contribution < 1.29 is 22.7 Å². The van der Waals surface area contributed by atoms with Gasteiger partial charge in [-0.15, -0.1) is 0 Å². The second-order valence-corrected chi connectivity index (χ2v) is 8.69. The Morgan fingerprint density at radius 2 is 1.68 bits per heavy atom. The smallest absolute Gasteiger partial charge is 0.340 e. The third-order valence-electron chi connectivity index (χ3n) is 4.71. The molecule has 0 aromatic heterocycles. The Morgan fingerprint density at radius 1 is 1.07 bits per heavy atom. The maximum Gasteiger partial charge on any atom is 0.340 e. The lowest BCUT2D eigenvalue weighted by molar-refractivity contribution is 0.0475. The molecule has 28 heavy (non-hydrogen) atoms. The summed E-state index contributed by atoms with van der Waals surface area (Å²) in [7, 11) is -2.19. The first-order valence-electron chi connectivity index (χ1n) is 8.98. The van der Waals surface area contributed by atoms with Crippen molar-refractivity contribution in [3.8, 4) is 0 Å². The first kappa shape index (κ1) is 21.6. The number of ether oxygens (including phenoxy) is 1. The van der Waals surface area contributed by atoms with Crippen molar-refractivity contribution in [2.45, 2.75) is 26.2 Å². The Kier molecular flexibility index (Phi) is 6.96. The zero-order valence-corrected chi connectivity index (χ0v) is 17.3. The van der Waals surface area contributed by atoms with Gasteiger partial charge in [-0.1, -0.05) is 50.2 Å². The number of rotatable bonds is 8. The maximum absolute atomic E-state index is 12.4. The lowest BCUT2D eigenvalue weighted by atomic mass is 9.97. The highest BCUT2D eigenvalue weighted by atomic mass is 32.2. The number of carbonyl (C=O) groups excluding carboxylic acids is 2. The number of ketones is 1. The molecule has 0 fully saturated rings. The van der Waals surface area contributed by atoms with Crippen molar-refractivity contribution in [1.29, 1.82) is 0 Å². The topological polar surface area (TPSA) is 80.8 Å². The van der Waals surface area contributed by atoms with E-state index in [2.05, 4.69) is 13.8 Å². The van der Waals surface area contributed by atoms with Crippen molar-refractivity contribution in [2.24, 2.45) is 0 Å². The standard InChI is InChI=1S/C21H25NO5S/c1-5-15(2)16-10-12-17(13-11-16)20(23)14-27-21(24)18-8-6-7-9-19(18)22(3)28(4,25)26/h6-13,15H,5,14H2,1-4H3. The van der Waals surface area contributed by atoms with Gasteiger partial charge >= 0.3 is 5.97 Å². The summed E-state index contributed by atoms with van der Waals surface area (Å²) in [6.45, 7) is 3.80. The highest BCUT2D eigenvalue weighted by molar-refractivity contribution is 7.92. The third-order valence-corrected chi connectivity index (χ3v) is 5.90. The van der Waals surface area contributed by atoms with Crippen LogP contribution in [0.2, 0.25) is 0 Å². The lowest BCUT2D eigenvalue weighted by Gasteiger charge is -2.19. The summed E-state index contributed by atoms with van der Waals surface area (Å²) in [6.07, 6.45) is 2.05. The van der Waals surface area contributed by atoms with Gasteiger partial charge in [0.05, 0.1) is 17.5 Å².